The Balaban J connectivity index is 1.95. The normalized spacial score (nSPS) is 11.9. The van der Waals surface area contributed by atoms with Gasteiger partial charge in [0.05, 0.1) is 0 Å². The number of carbonyl (C=O) groups is 1. The van der Waals surface area contributed by atoms with Crippen molar-refractivity contribution >= 4 is 17.7 Å². The standard InChI is InChI=1S/C20H24O3S/c1-3-4-5-14-24-19-12-8-17(9-13-19)16-6-10-18(11-7-16)23-15(2)20(21)22/h6-13,15H,3-5,14H2,1-2H3,(H,21,22)/t15-/m1/s1. The number of thioether (sulfide) groups is 1. The average Bonchev–Trinajstić information content (AvgIpc) is 2.60. The third kappa shape index (κ3) is 5.60. The Morgan fingerprint density at radius 3 is 2.17 bits per heavy atom. The van der Waals surface area contributed by atoms with Gasteiger partial charge in [-0.15, -0.1) is 11.8 Å². The zero-order chi connectivity index (χ0) is 17.4. The minimum atomic E-state index is -0.967. The molecule has 2 rings (SSSR count). The summed E-state index contributed by atoms with van der Waals surface area (Å²) < 4.78 is 5.35. The zero-order valence-electron chi connectivity index (χ0n) is 14.2. The van der Waals surface area contributed by atoms with E-state index in [2.05, 4.69) is 31.2 Å². The fourth-order valence-corrected chi connectivity index (χ4v) is 3.18. The first-order valence-electron chi connectivity index (χ1n) is 8.33. The summed E-state index contributed by atoms with van der Waals surface area (Å²) in [6, 6.07) is 16.1. The van der Waals surface area contributed by atoms with Crippen molar-refractivity contribution in [1.82, 2.24) is 0 Å². The van der Waals surface area contributed by atoms with Gasteiger partial charge in [-0.1, -0.05) is 44.0 Å². The number of carboxylic acid groups (broad SMARTS) is 1. The van der Waals surface area contributed by atoms with Gasteiger partial charge in [0.2, 0.25) is 0 Å². The second-order valence-corrected chi connectivity index (χ2v) is 6.87. The average molecular weight is 344 g/mol. The van der Waals surface area contributed by atoms with Crippen LogP contribution in [0.5, 0.6) is 5.75 Å². The number of hydrogen-bond acceptors (Lipinski definition) is 3. The zero-order valence-corrected chi connectivity index (χ0v) is 15.0. The van der Waals surface area contributed by atoms with Crippen LogP contribution in [0.25, 0.3) is 11.1 Å². The summed E-state index contributed by atoms with van der Waals surface area (Å²) in [6.45, 7) is 3.74. The Morgan fingerprint density at radius 1 is 1.04 bits per heavy atom. The Hall–Kier alpha value is -1.94. The molecule has 0 aliphatic heterocycles. The van der Waals surface area contributed by atoms with Crippen molar-refractivity contribution in [3.63, 3.8) is 0 Å². The smallest absolute Gasteiger partial charge is 0.344 e. The van der Waals surface area contributed by atoms with Crippen LogP contribution < -0.4 is 4.74 Å². The van der Waals surface area contributed by atoms with Crippen LogP contribution in [-0.4, -0.2) is 22.9 Å². The van der Waals surface area contributed by atoms with Crippen molar-refractivity contribution in [2.45, 2.75) is 44.1 Å². The first-order valence-corrected chi connectivity index (χ1v) is 9.31. The Labute approximate surface area is 148 Å². The summed E-state index contributed by atoms with van der Waals surface area (Å²) in [5.41, 5.74) is 2.23. The summed E-state index contributed by atoms with van der Waals surface area (Å²) in [5.74, 6) is 0.768. The molecule has 3 nitrogen and oxygen atoms in total. The van der Waals surface area contributed by atoms with Gasteiger partial charge in [0.25, 0.3) is 0 Å². The van der Waals surface area contributed by atoms with Gasteiger partial charge in [-0.05, 0) is 54.5 Å². The molecule has 0 aromatic heterocycles. The van der Waals surface area contributed by atoms with Crippen LogP contribution in [0.3, 0.4) is 0 Å². The second-order valence-electron chi connectivity index (χ2n) is 5.70. The Morgan fingerprint density at radius 2 is 1.62 bits per heavy atom. The van der Waals surface area contributed by atoms with Crippen LogP contribution in [0, 0.1) is 0 Å². The number of rotatable bonds is 9. The number of aliphatic carboxylic acids is 1. The van der Waals surface area contributed by atoms with Crippen molar-refractivity contribution in [3.05, 3.63) is 48.5 Å². The monoisotopic (exact) mass is 344 g/mol. The van der Waals surface area contributed by atoms with Gasteiger partial charge in [-0.25, -0.2) is 4.79 Å². The summed E-state index contributed by atoms with van der Waals surface area (Å²) in [5, 5.41) is 8.87. The number of hydrogen-bond donors (Lipinski definition) is 1. The molecule has 2 aromatic rings. The number of carboxylic acids is 1. The molecule has 0 fully saturated rings. The van der Waals surface area contributed by atoms with E-state index in [9.17, 15) is 4.79 Å². The molecule has 1 N–H and O–H groups in total. The summed E-state index contributed by atoms with van der Waals surface area (Å²) in [6.07, 6.45) is 2.96. The lowest BCUT2D eigenvalue weighted by Crippen LogP contribution is -2.22. The highest BCUT2D eigenvalue weighted by atomic mass is 32.2. The molecule has 0 aliphatic rings. The third-order valence-electron chi connectivity index (χ3n) is 3.72. The summed E-state index contributed by atoms with van der Waals surface area (Å²) in [7, 11) is 0. The van der Waals surface area contributed by atoms with E-state index in [1.165, 1.54) is 36.8 Å². The number of benzene rings is 2. The molecule has 0 heterocycles. The van der Waals surface area contributed by atoms with Gasteiger partial charge in [-0.3, -0.25) is 0 Å². The topological polar surface area (TPSA) is 46.5 Å². The maximum atomic E-state index is 10.8. The van der Waals surface area contributed by atoms with Crippen LogP contribution in [0.15, 0.2) is 53.4 Å². The molecule has 2 aromatic carbocycles. The van der Waals surface area contributed by atoms with Gasteiger partial charge >= 0.3 is 5.97 Å². The molecular weight excluding hydrogens is 320 g/mol. The molecular formula is C20H24O3S. The predicted molar refractivity (Wildman–Crippen MR) is 99.9 cm³/mol. The van der Waals surface area contributed by atoms with E-state index in [-0.39, 0.29) is 0 Å². The predicted octanol–water partition coefficient (Wildman–Crippen LogP) is 5.49. The lowest BCUT2D eigenvalue weighted by atomic mass is 10.1. The van der Waals surface area contributed by atoms with Gasteiger partial charge in [0, 0.05) is 4.90 Å². The lowest BCUT2D eigenvalue weighted by Gasteiger charge is -2.11. The van der Waals surface area contributed by atoms with E-state index >= 15 is 0 Å². The fraction of sp³-hybridized carbons (Fsp3) is 0.350. The minimum absolute atomic E-state index is 0.566. The molecule has 0 saturated heterocycles. The van der Waals surface area contributed by atoms with Crippen LogP contribution in [0.4, 0.5) is 0 Å². The fourth-order valence-electron chi connectivity index (χ4n) is 2.27. The van der Waals surface area contributed by atoms with Crippen LogP contribution in [0.1, 0.15) is 33.1 Å². The van der Waals surface area contributed by atoms with Crippen molar-refractivity contribution in [1.29, 1.82) is 0 Å². The first kappa shape index (κ1) is 18.4. The summed E-state index contributed by atoms with van der Waals surface area (Å²) in [4.78, 5) is 12.1. The highest BCUT2D eigenvalue weighted by Crippen LogP contribution is 2.26. The van der Waals surface area contributed by atoms with E-state index in [4.69, 9.17) is 9.84 Å². The maximum Gasteiger partial charge on any atom is 0.344 e. The van der Waals surface area contributed by atoms with E-state index in [0.29, 0.717) is 5.75 Å². The summed E-state index contributed by atoms with van der Waals surface area (Å²) >= 11 is 1.90. The van der Waals surface area contributed by atoms with E-state index in [1.54, 1.807) is 0 Å². The molecule has 128 valence electrons. The lowest BCUT2D eigenvalue weighted by molar-refractivity contribution is -0.144. The number of ether oxygens (including phenoxy) is 1. The number of unbranched alkanes of at least 4 members (excludes halogenated alkanes) is 2. The Kier molecular flexibility index (Phi) is 7.19. The highest BCUT2D eigenvalue weighted by Gasteiger charge is 2.12. The van der Waals surface area contributed by atoms with E-state index in [1.807, 2.05) is 36.0 Å². The van der Waals surface area contributed by atoms with Crippen LogP contribution in [0.2, 0.25) is 0 Å². The molecule has 0 amide bonds. The highest BCUT2D eigenvalue weighted by molar-refractivity contribution is 7.99. The molecule has 0 bridgehead atoms. The van der Waals surface area contributed by atoms with Crippen molar-refractivity contribution in [2.24, 2.45) is 0 Å². The Bertz CT molecular complexity index is 635. The van der Waals surface area contributed by atoms with Crippen LogP contribution >= 0.6 is 11.8 Å². The molecule has 1 atom stereocenters. The minimum Gasteiger partial charge on any atom is -0.479 e. The van der Waals surface area contributed by atoms with Crippen LogP contribution in [-0.2, 0) is 4.79 Å². The maximum absolute atomic E-state index is 10.8. The molecule has 4 heteroatoms. The molecule has 0 radical (unpaired) electrons. The van der Waals surface area contributed by atoms with Gasteiger partial charge < -0.3 is 9.84 Å². The molecule has 0 saturated carbocycles. The van der Waals surface area contributed by atoms with Crippen molar-refractivity contribution in [3.8, 4) is 16.9 Å². The van der Waals surface area contributed by atoms with E-state index in [0.717, 1.165) is 11.1 Å². The van der Waals surface area contributed by atoms with Gasteiger partial charge in [-0.2, -0.15) is 0 Å². The molecule has 0 unspecified atom stereocenters. The SMILES string of the molecule is CCCCCSc1ccc(-c2ccc(O[C@H](C)C(=O)O)cc2)cc1. The van der Waals surface area contributed by atoms with Gasteiger partial charge in [0.1, 0.15) is 5.75 Å². The second kappa shape index (κ2) is 9.38. The van der Waals surface area contributed by atoms with E-state index < -0.39 is 12.1 Å². The largest absolute Gasteiger partial charge is 0.479 e. The quantitative estimate of drug-likeness (QED) is 0.483. The third-order valence-corrected chi connectivity index (χ3v) is 4.82. The van der Waals surface area contributed by atoms with Crippen molar-refractivity contribution < 1.29 is 14.6 Å². The molecule has 24 heavy (non-hydrogen) atoms. The first-order chi connectivity index (χ1) is 11.6. The van der Waals surface area contributed by atoms with Crippen molar-refractivity contribution in [2.75, 3.05) is 5.75 Å². The van der Waals surface area contributed by atoms with Gasteiger partial charge in [0.15, 0.2) is 6.10 Å². The molecule has 0 aliphatic carbocycles. The molecule has 0 spiro atoms.